The van der Waals surface area contributed by atoms with Crippen LogP contribution in [-0.2, 0) is 6.42 Å². The molecule has 1 unspecified atom stereocenters. The molecule has 17 heavy (non-hydrogen) atoms. The Bertz CT molecular complexity index is 511. The maximum atomic E-state index is 13.4. The van der Waals surface area contributed by atoms with Gasteiger partial charge >= 0.3 is 0 Å². The van der Waals surface area contributed by atoms with Gasteiger partial charge in [0.25, 0.3) is 0 Å². The van der Waals surface area contributed by atoms with E-state index >= 15 is 0 Å². The second-order valence-corrected chi connectivity index (χ2v) is 3.87. The topological polar surface area (TPSA) is 20.2 Å². The highest BCUT2D eigenvalue weighted by atomic mass is 19.1. The van der Waals surface area contributed by atoms with Crippen LogP contribution in [0, 0.1) is 11.6 Å². The van der Waals surface area contributed by atoms with Crippen molar-refractivity contribution < 1.29 is 13.9 Å². The molecule has 0 amide bonds. The van der Waals surface area contributed by atoms with Gasteiger partial charge in [-0.1, -0.05) is 30.3 Å². The minimum Gasteiger partial charge on any atom is -0.388 e. The fourth-order valence-corrected chi connectivity index (χ4v) is 1.70. The van der Waals surface area contributed by atoms with Gasteiger partial charge in [0, 0.05) is 6.42 Å². The number of rotatable bonds is 3. The van der Waals surface area contributed by atoms with Crippen molar-refractivity contribution in [2.24, 2.45) is 0 Å². The summed E-state index contributed by atoms with van der Waals surface area (Å²) in [7, 11) is 0. The van der Waals surface area contributed by atoms with Crippen LogP contribution in [0.2, 0.25) is 0 Å². The molecule has 2 rings (SSSR count). The summed E-state index contributed by atoms with van der Waals surface area (Å²) in [6.45, 7) is 0. The van der Waals surface area contributed by atoms with E-state index in [1.165, 1.54) is 24.3 Å². The van der Waals surface area contributed by atoms with E-state index in [2.05, 4.69) is 0 Å². The maximum Gasteiger partial charge on any atom is 0.126 e. The first-order chi connectivity index (χ1) is 8.16. The van der Waals surface area contributed by atoms with Gasteiger partial charge in [0.1, 0.15) is 11.6 Å². The summed E-state index contributed by atoms with van der Waals surface area (Å²) >= 11 is 0. The quantitative estimate of drug-likeness (QED) is 0.864. The normalized spacial score (nSPS) is 12.4. The smallest absolute Gasteiger partial charge is 0.126 e. The molecule has 0 radical (unpaired) electrons. The molecule has 1 atom stereocenters. The van der Waals surface area contributed by atoms with Gasteiger partial charge in [0.2, 0.25) is 0 Å². The Labute approximate surface area is 98.3 Å². The van der Waals surface area contributed by atoms with E-state index in [0.29, 0.717) is 11.1 Å². The van der Waals surface area contributed by atoms with Crippen LogP contribution in [0.1, 0.15) is 17.2 Å². The van der Waals surface area contributed by atoms with Crippen molar-refractivity contribution in [3.8, 4) is 0 Å². The summed E-state index contributed by atoms with van der Waals surface area (Å²) in [5, 5.41) is 9.89. The highest BCUT2D eigenvalue weighted by molar-refractivity contribution is 5.23. The number of aliphatic hydroxyl groups excluding tert-OH is 1. The molecule has 1 N–H and O–H groups in total. The van der Waals surface area contributed by atoms with Crippen molar-refractivity contribution in [3.63, 3.8) is 0 Å². The monoisotopic (exact) mass is 234 g/mol. The van der Waals surface area contributed by atoms with E-state index in [4.69, 9.17) is 0 Å². The highest BCUT2D eigenvalue weighted by Crippen LogP contribution is 2.20. The SMILES string of the molecule is OC(Cc1ccccc1F)c1cccc(F)c1. The van der Waals surface area contributed by atoms with Gasteiger partial charge in [-0.3, -0.25) is 0 Å². The predicted octanol–water partition coefficient (Wildman–Crippen LogP) is 3.24. The molecule has 2 aromatic rings. The van der Waals surface area contributed by atoms with E-state index in [1.54, 1.807) is 24.3 Å². The summed E-state index contributed by atoms with van der Waals surface area (Å²) < 4.78 is 26.3. The summed E-state index contributed by atoms with van der Waals surface area (Å²) in [5.41, 5.74) is 0.873. The van der Waals surface area contributed by atoms with Gasteiger partial charge in [-0.05, 0) is 29.3 Å². The standard InChI is InChI=1S/C14H12F2O/c15-12-6-3-5-11(8-12)14(17)9-10-4-1-2-7-13(10)16/h1-8,14,17H,9H2. The lowest BCUT2D eigenvalue weighted by atomic mass is 10.0. The number of hydrogen-bond donors (Lipinski definition) is 1. The van der Waals surface area contributed by atoms with Crippen molar-refractivity contribution in [1.82, 2.24) is 0 Å². The van der Waals surface area contributed by atoms with Crippen LogP contribution in [0.3, 0.4) is 0 Å². The molecule has 0 spiro atoms. The van der Waals surface area contributed by atoms with Crippen LogP contribution in [0.4, 0.5) is 8.78 Å². The van der Waals surface area contributed by atoms with Crippen molar-refractivity contribution in [1.29, 1.82) is 0 Å². The van der Waals surface area contributed by atoms with Gasteiger partial charge in [-0.2, -0.15) is 0 Å². The molecule has 0 aliphatic heterocycles. The lowest BCUT2D eigenvalue weighted by Gasteiger charge is -2.11. The van der Waals surface area contributed by atoms with Gasteiger partial charge in [-0.25, -0.2) is 8.78 Å². The second-order valence-electron chi connectivity index (χ2n) is 3.87. The van der Waals surface area contributed by atoms with Crippen molar-refractivity contribution in [2.45, 2.75) is 12.5 Å². The van der Waals surface area contributed by atoms with Crippen LogP contribution < -0.4 is 0 Å². The van der Waals surface area contributed by atoms with E-state index in [-0.39, 0.29) is 12.2 Å². The Hall–Kier alpha value is -1.74. The fourth-order valence-electron chi connectivity index (χ4n) is 1.70. The first kappa shape index (κ1) is 11.7. The number of halogens is 2. The zero-order valence-electron chi connectivity index (χ0n) is 9.11. The Morgan fingerprint density at radius 2 is 1.76 bits per heavy atom. The molecule has 88 valence electrons. The third kappa shape index (κ3) is 2.88. The van der Waals surface area contributed by atoms with Crippen LogP contribution in [0.25, 0.3) is 0 Å². The van der Waals surface area contributed by atoms with Crippen LogP contribution >= 0.6 is 0 Å². The van der Waals surface area contributed by atoms with Crippen LogP contribution in [0.15, 0.2) is 48.5 Å². The first-order valence-electron chi connectivity index (χ1n) is 5.34. The van der Waals surface area contributed by atoms with Crippen LogP contribution in [0.5, 0.6) is 0 Å². The van der Waals surface area contributed by atoms with Gasteiger partial charge in [0.15, 0.2) is 0 Å². The van der Waals surface area contributed by atoms with Crippen LogP contribution in [-0.4, -0.2) is 5.11 Å². The molecule has 0 aliphatic rings. The van der Waals surface area contributed by atoms with Gasteiger partial charge in [0.05, 0.1) is 6.10 Å². The molecule has 1 nitrogen and oxygen atoms in total. The lowest BCUT2D eigenvalue weighted by Crippen LogP contribution is -2.03. The van der Waals surface area contributed by atoms with E-state index < -0.39 is 11.9 Å². The molecule has 0 aromatic heterocycles. The zero-order chi connectivity index (χ0) is 12.3. The van der Waals surface area contributed by atoms with E-state index in [1.807, 2.05) is 0 Å². The summed E-state index contributed by atoms with van der Waals surface area (Å²) in [6.07, 6.45) is -0.765. The third-order valence-corrected chi connectivity index (χ3v) is 2.60. The van der Waals surface area contributed by atoms with Gasteiger partial charge in [-0.15, -0.1) is 0 Å². The third-order valence-electron chi connectivity index (χ3n) is 2.60. The maximum absolute atomic E-state index is 13.4. The Balaban J connectivity index is 2.17. The molecular weight excluding hydrogens is 222 g/mol. The molecule has 2 aromatic carbocycles. The van der Waals surface area contributed by atoms with E-state index in [9.17, 15) is 13.9 Å². The van der Waals surface area contributed by atoms with Crippen molar-refractivity contribution in [3.05, 3.63) is 71.3 Å². The fraction of sp³-hybridized carbons (Fsp3) is 0.143. The predicted molar refractivity (Wildman–Crippen MR) is 61.5 cm³/mol. The number of benzene rings is 2. The molecule has 0 fully saturated rings. The summed E-state index contributed by atoms with van der Waals surface area (Å²) in [6, 6.07) is 11.9. The lowest BCUT2D eigenvalue weighted by molar-refractivity contribution is 0.176. The minimum absolute atomic E-state index is 0.135. The van der Waals surface area contributed by atoms with Gasteiger partial charge < -0.3 is 5.11 Å². The zero-order valence-corrected chi connectivity index (χ0v) is 9.11. The molecule has 3 heteroatoms. The Kier molecular flexibility index (Phi) is 3.49. The summed E-state index contributed by atoms with van der Waals surface area (Å²) in [4.78, 5) is 0. The van der Waals surface area contributed by atoms with E-state index in [0.717, 1.165) is 0 Å². The Morgan fingerprint density at radius 1 is 1.00 bits per heavy atom. The van der Waals surface area contributed by atoms with Crippen molar-refractivity contribution >= 4 is 0 Å². The molecule has 0 saturated heterocycles. The molecular formula is C14H12F2O. The molecule has 0 heterocycles. The first-order valence-corrected chi connectivity index (χ1v) is 5.34. The Morgan fingerprint density at radius 3 is 2.47 bits per heavy atom. The number of hydrogen-bond acceptors (Lipinski definition) is 1. The van der Waals surface area contributed by atoms with Crippen molar-refractivity contribution in [2.75, 3.05) is 0 Å². The molecule has 0 bridgehead atoms. The second kappa shape index (κ2) is 5.06. The summed E-state index contributed by atoms with van der Waals surface area (Å²) in [5.74, 6) is -0.766. The largest absolute Gasteiger partial charge is 0.388 e. The average Bonchev–Trinajstić information content (AvgIpc) is 2.32. The average molecular weight is 234 g/mol. The number of aliphatic hydroxyl groups is 1. The molecule has 0 saturated carbocycles. The molecule has 0 aliphatic carbocycles. The minimum atomic E-state index is -0.900. The highest BCUT2D eigenvalue weighted by Gasteiger charge is 2.11.